The third kappa shape index (κ3) is 3.63. The first-order chi connectivity index (χ1) is 12.3. The highest BCUT2D eigenvalue weighted by Crippen LogP contribution is 2.33. The van der Waals surface area contributed by atoms with Crippen LogP contribution in [-0.4, -0.2) is 49.4 Å². The highest BCUT2D eigenvalue weighted by atomic mass is 16.5. The Morgan fingerprint density at radius 3 is 2.68 bits per heavy atom. The molecule has 25 heavy (non-hydrogen) atoms. The van der Waals surface area contributed by atoms with Gasteiger partial charge in [0, 0.05) is 25.2 Å². The van der Waals surface area contributed by atoms with Crippen molar-refractivity contribution < 1.29 is 9.47 Å². The third-order valence-corrected chi connectivity index (χ3v) is 5.15. The summed E-state index contributed by atoms with van der Waals surface area (Å²) in [6, 6.07) is 4.60. The Morgan fingerprint density at radius 1 is 1.12 bits per heavy atom. The SMILES string of the molecule is COc1cc2ncc(NC3CCCCC3)nc2cc1N1CCOCC1. The van der Waals surface area contributed by atoms with E-state index in [9.17, 15) is 0 Å². The van der Waals surface area contributed by atoms with Crippen molar-refractivity contribution in [3.63, 3.8) is 0 Å². The van der Waals surface area contributed by atoms with Crippen molar-refractivity contribution in [1.82, 2.24) is 9.97 Å². The second-order valence-corrected chi connectivity index (χ2v) is 6.85. The zero-order valence-corrected chi connectivity index (χ0v) is 14.8. The maximum atomic E-state index is 5.59. The molecule has 1 aliphatic heterocycles. The van der Waals surface area contributed by atoms with Crippen LogP contribution in [0.15, 0.2) is 18.3 Å². The largest absolute Gasteiger partial charge is 0.495 e. The second-order valence-electron chi connectivity index (χ2n) is 6.85. The predicted molar refractivity (Wildman–Crippen MR) is 99.6 cm³/mol. The second kappa shape index (κ2) is 7.44. The number of benzene rings is 1. The van der Waals surface area contributed by atoms with Crippen molar-refractivity contribution in [2.45, 2.75) is 38.1 Å². The predicted octanol–water partition coefficient (Wildman–Crippen LogP) is 3.22. The number of methoxy groups -OCH3 is 1. The van der Waals surface area contributed by atoms with E-state index in [1.807, 2.05) is 12.3 Å². The van der Waals surface area contributed by atoms with Gasteiger partial charge in [0.05, 0.1) is 43.2 Å². The molecule has 1 saturated heterocycles. The van der Waals surface area contributed by atoms with Crippen molar-refractivity contribution in [2.24, 2.45) is 0 Å². The molecule has 0 radical (unpaired) electrons. The summed E-state index contributed by atoms with van der Waals surface area (Å²) in [4.78, 5) is 11.7. The smallest absolute Gasteiger partial charge is 0.145 e. The van der Waals surface area contributed by atoms with Crippen LogP contribution in [0.5, 0.6) is 5.75 Å². The molecule has 2 fully saturated rings. The van der Waals surface area contributed by atoms with Gasteiger partial charge in [-0.1, -0.05) is 19.3 Å². The van der Waals surface area contributed by atoms with Crippen molar-refractivity contribution in [3.05, 3.63) is 18.3 Å². The standard InChI is InChI=1S/C19H26N4O2/c1-24-18-12-15-16(11-17(18)23-7-9-25-10-8-23)22-19(13-20-15)21-14-5-3-2-4-6-14/h11-14H,2-10H2,1H3,(H,21,22). The topological polar surface area (TPSA) is 59.5 Å². The van der Waals surface area contributed by atoms with Crippen LogP contribution in [0.2, 0.25) is 0 Å². The minimum Gasteiger partial charge on any atom is -0.495 e. The molecule has 6 heteroatoms. The molecule has 1 aliphatic carbocycles. The van der Waals surface area contributed by atoms with Crippen LogP contribution in [0.25, 0.3) is 11.0 Å². The molecule has 0 spiro atoms. The number of anilines is 2. The van der Waals surface area contributed by atoms with Gasteiger partial charge < -0.3 is 19.7 Å². The molecule has 1 saturated carbocycles. The Hall–Kier alpha value is -2.08. The maximum absolute atomic E-state index is 5.59. The number of fused-ring (bicyclic) bond motifs is 1. The number of aromatic nitrogens is 2. The van der Waals surface area contributed by atoms with Gasteiger partial charge in [0.25, 0.3) is 0 Å². The Kier molecular flexibility index (Phi) is 4.88. The zero-order chi connectivity index (χ0) is 17.1. The summed E-state index contributed by atoms with van der Waals surface area (Å²) in [6.45, 7) is 3.23. The van der Waals surface area contributed by atoms with Crippen molar-refractivity contribution in [1.29, 1.82) is 0 Å². The van der Waals surface area contributed by atoms with Crippen LogP contribution in [0, 0.1) is 0 Å². The summed E-state index contributed by atoms with van der Waals surface area (Å²) >= 11 is 0. The van der Waals surface area contributed by atoms with E-state index in [0.29, 0.717) is 6.04 Å². The summed E-state index contributed by atoms with van der Waals surface area (Å²) in [5.74, 6) is 1.72. The van der Waals surface area contributed by atoms with Crippen LogP contribution in [0.4, 0.5) is 11.5 Å². The van der Waals surface area contributed by atoms with Gasteiger partial charge in [0.1, 0.15) is 11.6 Å². The Bertz CT molecular complexity index is 725. The normalized spacial score (nSPS) is 19.2. The van der Waals surface area contributed by atoms with Crippen LogP contribution in [-0.2, 0) is 4.74 Å². The molecule has 0 amide bonds. The lowest BCUT2D eigenvalue weighted by Gasteiger charge is -2.30. The lowest BCUT2D eigenvalue weighted by Crippen LogP contribution is -2.36. The van der Waals surface area contributed by atoms with E-state index in [4.69, 9.17) is 14.5 Å². The molecule has 2 aromatic rings. The minimum absolute atomic E-state index is 0.525. The van der Waals surface area contributed by atoms with Crippen molar-refractivity contribution >= 4 is 22.5 Å². The lowest BCUT2D eigenvalue weighted by atomic mass is 9.95. The molecule has 6 nitrogen and oxygen atoms in total. The number of hydrogen-bond acceptors (Lipinski definition) is 6. The highest BCUT2D eigenvalue weighted by Gasteiger charge is 2.18. The summed E-state index contributed by atoms with van der Waals surface area (Å²) in [5, 5.41) is 3.56. The van der Waals surface area contributed by atoms with E-state index >= 15 is 0 Å². The molecule has 134 valence electrons. The van der Waals surface area contributed by atoms with Gasteiger partial charge in [-0.05, 0) is 18.9 Å². The summed E-state index contributed by atoms with van der Waals surface area (Å²) in [5.41, 5.74) is 2.84. The summed E-state index contributed by atoms with van der Waals surface area (Å²) in [7, 11) is 1.71. The fraction of sp³-hybridized carbons (Fsp3) is 0.579. The molecule has 2 aliphatic rings. The van der Waals surface area contributed by atoms with E-state index in [2.05, 4.69) is 21.3 Å². The van der Waals surface area contributed by atoms with Gasteiger partial charge in [0.2, 0.25) is 0 Å². The quantitative estimate of drug-likeness (QED) is 0.921. The minimum atomic E-state index is 0.525. The van der Waals surface area contributed by atoms with Crippen molar-refractivity contribution in [3.8, 4) is 5.75 Å². The molecule has 2 heterocycles. The number of nitrogens with zero attached hydrogens (tertiary/aromatic N) is 3. The molecule has 0 bridgehead atoms. The highest BCUT2D eigenvalue weighted by molar-refractivity contribution is 5.84. The Labute approximate surface area is 148 Å². The number of nitrogens with one attached hydrogen (secondary N) is 1. The number of ether oxygens (including phenoxy) is 2. The average molecular weight is 342 g/mol. The maximum Gasteiger partial charge on any atom is 0.145 e. The monoisotopic (exact) mass is 342 g/mol. The van der Waals surface area contributed by atoms with Crippen molar-refractivity contribution in [2.75, 3.05) is 43.6 Å². The van der Waals surface area contributed by atoms with Gasteiger partial charge in [-0.15, -0.1) is 0 Å². The first-order valence-corrected chi connectivity index (χ1v) is 9.27. The van der Waals surface area contributed by atoms with Gasteiger partial charge in [-0.2, -0.15) is 0 Å². The third-order valence-electron chi connectivity index (χ3n) is 5.15. The first-order valence-electron chi connectivity index (χ1n) is 9.27. The number of morpholine rings is 1. The van der Waals surface area contributed by atoms with Crippen LogP contribution >= 0.6 is 0 Å². The van der Waals surface area contributed by atoms with Crippen LogP contribution in [0.3, 0.4) is 0 Å². The zero-order valence-electron chi connectivity index (χ0n) is 14.8. The molecular weight excluding hydrogens is 316 g/mol. The van der Waals surface area contributed by atoms with Gasteiger partial charge in [-0.3, -0.25) is 4.98 Å². The average Bonchev–Trinajstić information content (AvgIpc) is 2.68. The van der Waals surface area contributed by atoms with Gasteiger partial charge >= 0.3 is 0 Å². The number of hydrogen-bond donors (Lipinski definition) is 1. The number of rotatable bonds is 4. The van der Waals surface area contributed by atoms with E-state index in [1.54, 1.807) is 7.11 Å². The molecule has 0 unspecified atom stereocenters. The van der Waals surface area contributed by atoms with Crippen LogP contribution < -0.4 is 15.0 Å². The molecule has 1 aromatic carbocycles. The fourth-order valence-corrected chi connectivity index (χ4v) is 3.77. The summed E-state index contributed by atoms with van der Waals surface area (Å²) < 4.78 is 11.1. The van der Waals surface area contributed by atoms with Gasteiger partial charge in [0.15, 0.2) is 0 Å². The van der Waals surface area contributed by atoms with E-state index in [1.165, 1.54) is 32.1 Å². The van der Waals surface area contributed by atoms with Gasteiger partial charge in [-0.25, -0.2) is 4.98 Å². The van der Waals surface area contributed by atoms with E-state index < -0.39 is 0 Å². The Balaban J connectivity index is 1.63. The van der Waals surface area contributed by atoms with E-state index in [-0.39, 0.29) is 0 Å². The summed E-state index contributed by atoms with van der Waals surface area (Å²) in [6.07, 6.45) is 8.24. The molecule has 1 aromatic heterocycles. The molecule has 0 atom stereocenters. The van der Waals surface area contributed by atoms with E-state index in [0.717, 1.165) is 54.6 Å². The molecular formula is C19H26N4O2. The molecule has 4 rings (SSSR count). The Morgan fingerprint density at radius 2 is 1.92 bits per heavy atom. The fourth-order valence-electron chi connectivity index (χ4n) is 3.77. The first kappa shape index (κ1) is 16.4. The lowest BCUT2D eigenvalue weighted by molar-refractivity contribution is 0.122. The molecule has 1 N–H and O–H groups in total. The van der Waals surface area contributed by atoms with Crippen LogP contribution in [0.1, 0.15) is 32.1 Å².